The van der Waals surface area contributed by atoms with E-state index >= 15 is 0 Å². The van der Waals surface area contributed by atoms with Crippen molar-refractivity contribution in [3.8, 4) is 0 Å². The molecule has 2 saturated heterocycles. The van der Waals surface area contributed by atoms with Crippen molar-refractivity contribution in [3.05, 3.63) is 71.7 Å². The van der Waals surface area contributed by atoms with Crippen LogP contribution in [0.15, 0.2) is 73.6 Å². The number of nitrogens with zero attached hydrogens (tertiary/aromatic N) is 1. The first-order chi connectivity index (χ1) is 20.6. The van der Waals surface area contributed by atoms with Gasteiger partial charge in [0.05, 0.1) is 14.2 Å². The SMILES string of the molecule is COCOC(c1ccc(SOOC)o1)C1CCN(Cc2ccccc2)C1.COOSc1ccc(C(O)C2CCNC2)o1. The van der Waals surface area contributed by atoms with E-state index in [2.05, 4.69) is 48.6 Å². The Hall–Kier alpha value is -1.88. The van der Waals surface area contributed by atoms with Gasteiger partial charge in [0.25, 0.3) is 0 Å². The molecule has 5 rings (SSSR count). The summed E-state index contributed by atoms with van der Waals surface area (Å²) in [4.78, 5) is 11.5. The van der Waals surface area contributed by atoms with Crippen LogP contribution in [-0.2, 0) is 34.5 Å². The summed E-state index contributed by atoms with van der Waals surface area (Å²) < 4.78 is 31.9. The van der Waals surface area contributed by atoms with Gasteiger partial charge in [-0.05, 0) is 55.8 Å². The molecule has 232 valence electrons. The molecule has 0 radical (unpaired) electrons. The molecule has 2 aliphatic heterocycles. The molecule has 0 spiro atoms. The van der Waals surface area contributed by atoms with E-state index in [-0.39, 0.29) is 18.8 Å². The second-order valence-corrected chi connectivity index (χ2v) is 11.3. The summed E-state index contributed by atoms with van der Waals surface area (Å²) in [7, 11) is 4.51. The fourth-order valence-corrected chi connectivity index (χ4v) is 5.85. The third-order valence-corrected chi connectivity index (χ3v) is 8.22. The van der Waals surface area contributed by atoms with E-state index in [1.807, 2.05) is 18.2 Å². The van der Waals surface area contributed by atoms with Crippen LogP contribution in [0.1, 0.15) is 42.1 Å². The zero-order chi connectivity index (χ0) is 29.6. The maximum atomic E-state index is 10.0. The first-order valence-corrected chi connectivity index (χ1v) is 15.3. The minimum Gasteiger partial charge on any atom is -0.450 e. The predicted octanol–water partition coefficient (Wildman–Crippen LogP) is 5.56. The lowest BCUT2D eigenvalue weighted by atomic mass is 9.99. The average molecular weight is 625 g/mol. The zero-order valence-electron chi connectivity index (χ0n) is 24.1. The molecule has 42 heavy (non-hydrogen) atoms. The van der Waals surface area contributed by atoms with E-state index in [9.17, 15) is 5.11 Å². The van der Waals surface area contributed by atoms with Crippen molar-refractivity contribution in [2.45, 2.75) is 41.8 Å². The molecule has 2 fully saturated rings. The first-order valence-electron chi connectivity index (χ1n) is 13.8. The van der Waals surface area contributed by atoms with E-state index in [1.54, 1.807) is 19.2 Å². The standard InChI is InChI=1S/C19H25NO5S.C10H15NO4S/c1-21-14-23-19(17-8-9-18(24-17)26-25-22-2)16-10-11-20(13-16)12-15-6-4-3-5-7-15;1-13-15-16-9-3-2-8(14-9)10(12)7-4-5-11-6-7/h3-9,16,19H,10-14H2,1-2H3;2-3,7,10-12H,4-6H2,1H3. The lowest BCUT2D eigenvalue weighted by Gasteiger charge is -2.22. The smallest absolute Gasteiger partial charge is 0.190 e. The molecule has 3 aromatic rings. The van der Waals surface area contributed by atoms with E-state index in [0.717, 1.165) is 75.4 Å². The predicted molar refractivity (Wildman–Crippen MR) is 157 cm³/mol. The third-order valence-electron chi connectivity index (χ3n) is 7.04. The van der Waals surface area contributed by atoms with Crippen molar-refractivity contribution in [1.29, 1.82) is 0 Å². The monoisotopic (exact) mass is 624 g/mol. The van der Waals surface area contributed by atoms with Crippen LogP contribution in [-0.4, -0.2) is 64.3 Å². The van der Waals surface area contributed by atoms with Crippen molar-refractivity contribution in [2.75, 3.05) is 54.3 Å². The average Bonchev–Trinajstić information content (AvgIpc) is 3.84. The number of nitrogens with one attached hydrogen (secondary N) is 1. The Labute approximate surface area is 255 Å². The topological polar surface area (TPSA) is 117 Å². The lowest BCUT2D eigenvalue weighted by Crippen LogP contribution is -2.23. The Balaban J connectivity index is 0.000000216. The quantitative estimate of drug-likeness (QED) is 0.0953. The van der Waals surface area contributed by atoms with Crippen molar-refractivity contribution in [2.24, 2.45) is 11.8 Å². The summed E-state index contributed by atoms with van der Waals surface area (Å²) in [6.07, 6.45) is 1.33. The molecule has 0 bridgehead atoms. The molecule has 0 saturated carbocycles. The highest BCUT2D eigenvalue weighted by atomic mass is 32.2. The van der Waals surface area contributed by atoms with Crippen molar-refractivity contribution in [1.82, 2.24) is 10.2 Å². The molecule has 2 aromatic heterocycles. The fourth-order valence-electron chi connectivity index (χ4n) is 5.07. The number of likely N-dealkylation sites (tertiary alicyclic amines) is 1. The van der Waals surface area contributed by atoms with Crippen LogP contribution < -0.4 is 5.32 Å². The summed E-state index contributed by atoms with van der Waals surface area (Å²) in [5.74, 6) is 1.94. The van der Waals surface area contributed by atoms with Gasteiger partial charge < -0.3 is 28.7 Å². The van der Waals surface area contributed by atoms with Crippen LogP contribution in [0.3, 0.4) is 0 Å². The van der Waals surface area contributed by atoms with Crippen LogP contribution in [0.4, 0.5) is 0 Å². The van der Waals surface area contributed by atoms with Gasteiger partial charge >= 0.3 is 0 Å². The summed E-state index contributed by atoms with van der Waals surface area (Å²) in [5, 5.41) is 14.5. The van der Waals surface area contributed by atoms with Crippen LogP contribution in [0.2, 0.25) is 0 Å². The van der Waals surface area contributed by atoms with Crippen molar-refractivity contribution in [3.63, 3.8) is 0 Å². The fraction of sp³-hybridized carbons (Fsp3) is 0.517. The maximum absolute atomic E-state index is 10.0. The van der Waals surface area contributed by atoms with Crippen LogP contribution in [0, 0.1) is 11.8 Å². The van der Waals surface area contributed by atoms with E-state index in [4.69, 9.17) is 22.6 Å². The molecule has 4 heterocycles. The summed E-state index contributed by atoms with van der Waals surface area (Å²) >= 11 is 2.03. The molecule has 0 amide bonds. The van der Waals surface area contributed by atoms with Gasteiger partial charge in [0.15, 0.2) is 10.2 Å². The van der Waals surface area contributed by atoms with Gasteiger partial charge in [-0.3, -0.25) is 4.90 Å². The van der Waals surface area contributed by atoms with E-state index in [0.29, 0.717) is 21.9 Å². The zero-order valence-corrected chi connectivity index (χ0v) is 25.8. The second kappa shape index (κ2) is 18.0. The number of ether oxygens (including phenoxy) is 2. The number of furan rings is 2. The first kappa shape index (κ1) is 33.0. The van der Waals surface area contributed by atoms with Crippen LogP contribution >= 0.6 is 24.1 Å². The minimum absolute atomic E-state index is 0.146. The Morgan fingerprint density at radius 1 is 0.905 bits per heavy atom. The highest BCUT2D eigenvalue weighted by Gasteiger charge is 2.33. The highest BCUT2D eigenvalue weighted by molar-refractivity contribution is 7.94. The molecule has 4 atom stereocenters. The Morgan fingerprint density at radius 2 is 1.60 bits per heavy atom. The molecular weight excluding hydrogens is 584 g/mol. The summed E-state index contributed by atoms with van der Waals surface area (Å²) in [6.45, 7) is 4.98. The minimum atomic E-state index is -0.549. The highest BCUT2D eigenvalue weighted by Crippen LogP contribution is 2.36. The van der Waals surface area contributed by atoms with Crippen LogP contribution in [0.5, 0.6) is 0 Å². The van der Waals surface area contributed by atoms with Gasteiger partial charge in [-0.15, -0.1) is 0 Å². The van der Waals surface area contributed by atoms with Gasteiger partial charge in [0.2, 0.25) is 0 Å². The van der Waals surface area contributed by atoms with Crippen molar-refractivity contribution >= 4 is 24.1 Å². The van der Waals surface area contributed by atoms with Gasteiger partial charge in [-0.1, -0.05) is 30.3 Å². The molecular formula is C29H40N2O9S2. The molecule has 13 heteroatoms. The maximum Gasteiger partial charge on any atom is 0.190 e. The number of benzene rings is 1. The van der Waals surface area contributed by atoms with Gasteiger partial charge in [0, 0.05) is 38.6 Å². The van der Waals surface area contributed by atoms with Gasteiger partial charge in [-0.25, -0.2) is 9.78 Å². The van der Waals surface area contributed by atoms with Gasteiger partial charge in [-0.2, -0.15) is 8.67 Å². The van der Waals surface area contributed by atoms with Crippen molar-refractivity contribution < 1.29 is 41.9 Å². The van der Waals surface area contributed by atoms with Gasteiger partial charge in [0.1, 0.15) is 54.6 Å². The normalized spacial score (nSPS) is 20.4. The Kier molecular flexibility index (Phi) is 14.2. The third kappa shape index (κ3) is 10.1. The Bertz CT molecular complexity index is 1140. The van der Waals surface area contributed by atoms with Crippen LogP contribution in [0.25, 0.3) is 0 Å². The molecule has 2 aliphatic rings. The second-order valence-electron chi connectivity index (χ2n) is 9.91. The molecule has 2 N–H and O–H groups in total. The largest absolute Gasteiger partial charge is 0.450 e. The number of hydrogen-bond donors (Lipinski definition) is 2. The summed E-state index contributed by atoms with van der Waals surface area (Å²) in [6, 6.07) is 17.9. The molecule has 11 nitrogen and oxygen atoms in total. The van der Waals surface area contributed by atoms with E-state index < -0.39 is 6.10 Å². The summed E-state index contributed by atoms with van der Waals surface area (Å²) in [5.41, 5.74) is 1.33. The Morgan fingerprint density at radius 3 is 2.24 bits per heavy atom. The number of methoxy groups -OCH3 is 1. The molecule has 0 aliphatic carbocycles. The number of aliphatic hydroxyl groups is 1. The lowest BCUT2D eigenvalue weighted by molar-refractivity contribution is -0.161. The number of aliphatic hydroxyl groups excluding tert-OH is 1. The number of hydrogen-bond acceptors (Lipinski definition) is 13. The molecule has 1 aromatic carbocycles. The van der Waals surface area contributed by atoms with E-state index in [1.165, 1.54) is 19.8 Å². The number of rotatable bonds is 15. The molecule has 4 unspecified atom stereocenters.